The Kier molecular flexibility index (Phi) is 7.63. The summed E-state index contributed by atoms with van der Waals surface area (Å²) < 4.78 is 11.3. The third-order valence-electron chi connectivity index (χ3n) is 7.14. The molecular weight excluding hydrogens is 376 g/mol. The maximum absolute atomic E-state index is 5.72. The molecule has 3 saturated heterocycles. The van der Waals surface area contributed by atoms with Crippen LogP contribution in [0.5, 0.6) is 0 Å². The van der Waals surface area contributed by atoms with E-state index >= 15 is 0 Å². The number of guanidine groups is 1. The number of hydrogen-bond donors (Lipinski definition) is 1. The molecule has 0 radical (unpaired) electrons. The molecule has 166 valence electrons. The minimum Gasteiger partial charge on any atom is -0.381 e. The van der Waals surface area contributed by atoms with Crippen molar-refractivity contribution >= 4 is 5.96 Å². The molecule has 0 aliphatic carbocycles. The minimum absolute atomic E-state index is 0.479. The summed E-state index contributed by atoms with van der Waals surface area (Å²) in [7, 11) is 1.92. The highest BCUT2D eigenvalue weighted by Gasteiger charge is 2.33. The van der Waals surface area contributed by atoms with E-state index in [2.05, 4.69) is 57.4 Å². The van der Waals surface area contributed by atoms with Crippen LogP contribution in [0, 0.1) is 11.8 Å². The van der Waals surface area contributed by atoms with Crippen molar-refractivity contribution in [3.05, 3.63) is 35.9 Å². The second-order valence-electron chi connectivity index (χ2n) is 9.00. The Bertz CT molecular complexity index is 671. The smallest absolute Gasteiger partial charge is 0.193 e. The van der Waals surface area contributed by atoms with E-state index in [1.165, 1.54) is 12.0 Å². The molecule has 1 N–H and O–H groups in total. The SMILES string of the molecule is CN=C(NCC(C1CCOC1)N1CCOCC1)N1CCC(c2ccccc2)C(C)C1. The molecule has 1 aromatic rings. The second-order valence-corrected chi connectivity index (χ2v) is 9.00. The van der Waals surface area contributed by atoms with Gasteiger partial charge >= 0.3 is 0 Å². The van der Waals surface area contributed by atoms with Crippen molar-refractivity contribution in [3.8, 4) is 0 Å². The van der Waals surface area contributed by atoms with Gasteiger partial charge < -0.3 is 19.7 Å². The van der Waals surface area contributed by atoms with Crippen LogP contribution in [0.1, 0.15) is 31.2 Å². The zero-order valence-electron chi connectivity index (χ0n) is 18.6. The van der Waals surface area contributed by atoms with Gasteiger partial charge in [0.15, 0.2) is 5.96 Å². The van der Waals surface area contributed by atoms with E-state index in [9.17, 15) is 0 Å². The van der Waals surface area contributed by atoms with Gasteiger partial charge in [-0.2, -0.15) is 0 Å². The number of piperidine rings is 1. The van der Waals surface area contributed by atoms with E-state index in [0.717, 1.165) is 71.5 Å². The normalized spacial score (nSPS) is 29.7. The van der Waals surface area contributed by atoms with Crippen LogP contribution in [0.4, 0.5) is 0 Å². The molecule has 6 heteroatoms. The molecule has 30 heavy (non-hydrogen) atoms. The summed E-state index contributed by atoms with van der Waals surface area (Å²) in [5.74, 6) is 2.89. The Labute approximate surface area is 181 Å². The summed E-state index contributed by atoms with van der Waals surface area (Å²) in [4.78, 5) is 9.69. The summed E-state index contributed by atoms with van der Waals surface area (Å²) in [6, 6.07) is 11.5. The van der Waals surface area contributed by atoms with Gasteiger partial charge in [0.25, 0.3) is 0 Å². The number of rotatable bonds is 5. The van der Waals surface area contributed by atoms with Gasteiger partial charge in [0, 0.05) is 58.3 Å². The lowest BCUT2D eigenvalue weighted by Gasteiger charge is -2.41. The Balaban J connectivity index is 1.35. The number of morpholine rings is 1. The zero-order valence-corrected chi connectivity index (χ0v) is 18.6. The number of benzene rings is 1. The second kappa shape index (κ2) is 10.6. The zero-order chi connectivity index (χ0) is 20.8. The van der Waals surface area contributed by atoms with Crippen LogP contribution in [-0.2, 0) is 9.47 Å². The molecule has 4 atom stereocenters. The van der Waals surface area contributed by atoms with Crippen LogP contribution in [0.15, 0.2) is 35.3 Å². The Morgan fingerprint density at radius 2 is 1.90 bits per heavy atom. The lowest BCUT2D eigenvalue weighted by Crippen LogP contribution is -2.55. The Morgan fingerprint density at radius 3 is 2.57 bits per heavy atom. The largest absolute Gasteiger partial charge is 0.381 e. The monoisotopic (exact) mass is 414 g/mol. The van der Waals surface area contributed by atoms with Crippen molar-refractivity contribution in [1.82, 2.24) is 15.1 Å². The van der Waals surface area contributed by atoms with Gasteiger partial charge in [-0.1, -0.05) is 37.3 Å². The average Bonchev–Trinajstić information content (AvgIpc) is 3.32. The molecule has 3 fully saturated rings. The number of ether oxygens (including phenoxy) is 2. The van der Waals surface area contributed by atoms with Crippen LogP contribution in [0.2, 0.25) is 0 Å². The van der Waals surface area contributed by atoms with Crippen LogP contribution in [0.3, 0.4) is 0 Å². The van der Waals surface area contributed by atoms with Gasteiger partial charge in [-0.3, -0.25) is 9.89 Å². The fraction of sp³-hybridized carbons (Fsp3) is 0.708. The van der Waals surface area contributed by atoms with E-state index in [1.807, 2.05) is 7.05 Å². The quantitative estimate of drug-likeness (QED) is 0.592. The molecule has 4 unspecified atom stereocenters. The molecule has 0 amide bonds. The van der Waals surface area contributed by atoms with Crippen LogP contribution < -0.4 is 5.32 Å². The number of nitrogens with one attached hydrogen (secondary N) is 1. The lowest BCUT2D eigenvalue weighted by atomic mass is 9.82. The van der Waals surface area contributed by atoms with Crippen molar-refractivity contribution in [1.29, 1.82) is 0 Å². The lowest BCUT2D eigenvalue weighted by molar-refractivity contribution is 0.00229. The van der Waals surface area contributed by atoms with Crippen LogP contribution >= 0.6 is 0 Å². The Hall–Kier alpha value is -1.63. The predicted molar refractivity (Wildman–Crippen MR) is 121 cm³/mol. The van der Waals surface area contributed by atoms with Gasteiger partial charge in [-0.15, -0.1) is 0 Å². The molecule has 0 saturated carbocycles. The minimum atomic E-state index is 0.479. The summed E-state index contributed by atoms with van der Waals surface area (Å²) in [6.07, 6.45) is 2.33. The highest BCUT2D eigenvalue weighted by atomic mass is 16.5. The molecule has 0 aromatic heterocycles. The van der Waals surface area contributed by atoms with E-state index < -0.39 is 0 Å². The van der Waals surface area contributed by atoms with Crippen molar-refractivity contribution in [2.45, 2.75) is 31.7 Å². The maximum atomic E-state index is 5.72. The van der Waals surface area contributed by atoms with Crippen molar-refractivity contribution in [2.75, 3.05) is 66.2 Å². The van der Waals surface area contributed by atoms with Gasteiger partial charge in [0.1, 0.15) is 0 Å². The van der Waals surface area contributed by atoms with Crippen molar-refractivity contribution in [3.63, 3.8) is 0 Å². The first-order valence-electron chi connectivity index (χ1n) is 11.7. The molecule has 3 aliphatic heterocycles. The molecule has 1 aromatic carbocycles. The van der Waals surface area contributed by atoms with Gasteiger partial charge in [-0.25, -0.2) is 0 Å². The number of aliphatic imine (C=N–C) groups is 1. The highest BCUT2D eigenvalue weighted by molar-refractivity contribution is 5.80. The van der Waals surface area contributed by atoms with Crippen LogP contribution in [-0.4, -0.2) is 88.0 Å². The molecular formula is C24H38N4O2. The molecule has 0 spiro atoms. The van der Waals surface area contributed by atoms with Crippen molar-refractivity contribution in [2.24, 2.45) is 16.8 Å². The summed E-state index contributed by atoms with van der Waals surface area (Å²) in [6.45, 7) is 10.9. The summed E-state index contributed by atoms with van der Waals surface area (Å²) in [5, 5.41) is 3.73. The van der Waals surface area contributed by atoms with Gasteiger partial charge in [-0.05, 0) is 30.2 Å². The van der Waals surface area contributed by atoms with Gasteiger partial charge in [0.05, 0.1) is 19.8 Å². The molecule has 0 bridgehead atoms. The third-order valence-corrected chi connectivity index (χ3v) is 7.14. The topological polar surface area (TPSA) is 49.3 Å². The first kappa shape index (κ1) is 21.6. The molecule has 3 heterocycles. The fourth-order valence-electron chi connectivity index (χ4n) is 5.42. The van der Waals surface area contributed by atoms with E-state index in [1.54, 1.807) is 0 Å². The average molecular weight is 415 g/mol. The standard InChI is InChI=1S/C24H38N4O2/c1-19-17-28(10-8-22(19)20-6-4-3-5-7-20)24(25-2)26-16-23(21-9-13-30-18-21)27-11-14-29-15-12-27/h3-7,19,21-23H,8-18H2,1-2H3,(H,25,26). The molecule has 4 rings (SSSR count). The van der Waals surface area contributed by atoms with E-state index in [-0.39, 0.29) is 0 Å². The van der Waals surface area contributed by atoms with E-state index in [4.69, 9.17) is 9.47 Å². The summed E-state index contributed by atoms with van der Waals surface area (Å²) in [5.41, 5.74) is 1.47. The third kappa shape index (κ3) is 5.16. The predicted octanol–water partition coefficient (Wildman–Crippen LogP) is 2.42. The highest BCUT2D eigenvalue weighted by Crippen LogP contribution is 2.32. The van der Waals surface area contributed by atoms with Crippen molar-refractivity contribution < 1.29 is 9.47 Å². The van der Waals surface area contributed by atoms with Crippen LogP contribution in [0.25, 0.3) is 0 Å². The van der Waals surface area contributed by atoms with Gasteiger partial charge in [0.2, 0.25) is 0 Å². The number of nitrogens with zero attached hydrogens (tertiary/aromatic N) is 3. The Morgan fingerprint density at radius 1 is 1.10 bits per heavy atom. The fourth-order valence-corrected chi connectivity index (χ4v) is 5.42. The first-order valence-corrected chi connectivity index (χ1v) is 11.7. The molecule has 3 aliphatic rings. The molecule has 6 nitrogen and oxygen atoms in total. The van der Waals surface area contributed by atoms with E-state index in [0.29, 0.717) is 23.8 Å². The maximum Gasteiger partial charge on any atom is 0.193 e. The number of likely N-dealkylation sites (tertiary alicyclic amines) is 1. The summed E-state index contributed by atoms with van der Waals surface area (Å²) >= 11 is 0. The number of hydrogen-bond acceptors (Lipinski definition) is 4. The first-order chi connectivity index (χ1) is 14.8.